The highest BCUT2D eigenvalue weighted by Gasteiger charge is 2.35. The van der Waals surface area contributed by atoms with Gasteiger partial charge in [0.25, 0.3) is 0 Å². The monoisotopic (exact) mass is 428 g/mol. The Bertz CT molecular complexity index is 920. The van der Waals surface area contributed by atoms with Crippen molar-refractivity contribution in [1.29, 1.82) is 0 Å². The fourth-order valence-electron chi connectivity index (χ4n) is 6.02. The molecule has 2 aromatic rings. The average Bonchev–Trinajstić information content (AvgIpc) is 3.65. The van der Waals surface area contributed by atoms with Crippen molar-refractivity contribution in [2.45, 2.75) is 25.7 Å². The number of nitrogens with one attached hydrogen (secondary N) is 2. The number of hydrogen-bond acceptors (Lipinski definition) is 3. The Morgan fingerprint density at radius 1 is 0.656 bits per heavy atom. The van der Waals surface area contributed by atoms with E-state index in [0.717, 1.165) is 54.3 Å². The molecule has 3 nitrogen and oxygen atoms in total. The topological polar surface area (TPSA) is 33.3 Å². The SMILES string of the molecule is C1=CC2CC1CC2CNc1ccccc1.COc1ccc(NCC2CC3C=CC2C3)cc1. The number of fused-ring (bicyclic) bond motifs is 4. The van der Waals surface area contributed by atoms with E-state index in [4.69, 9.17) is 4.74 Å². The van der Waals surface area contributed by atoms with Gasteiger partial charge in [-0.2, -0.15) is 0 Å². The van der Waals surface area contributed by atoms with E-state index >= 15 is 0 Å². The minimum Gasteiger partial charge on any atom is -0.497 e. The number of methoxy groups -OCH3 is 1. The zero-order valence-electron chi connectivity index (χ0n) is 19.1. The first-order valence-corrected chi connectivity index (χ1v) is 12.3. The summed E-state index contributed by atoms with van der Waals surface area (Å²) in [5.74, 6) is 6.03. The lowest BCUT2D eigenvalue weighted by Crippen LogP contribution is -2.18. The van der Waals surface area contributed by atoms with Gasteiger partial charge in [0.05, 0.1) is 7.11 Å². The van der Waals surface area contributed by atoms with Gasteiger partial charge >= 0.3 is 0 Å². The maximum absolute atomic E-state index is 5.15. The van der Waals surface area contributed by atoms with E-state index in [2.05, 4.69) is 77.4 Å². The molecule has 3 heteroatoms. The molecule has 168 valence electrons. The quantitative estimate of drug-likeness (QED) is 0.486. The molecule has 2 fully saturated rings. The minimum atomic E-state index is 0.825. The summed E-state index contributed by atoms with van der Waals surface area (Å²) >= 11 is 0. The zero-order valence-corrected chi connectivity index (χ0v) is 19.1. The van der Waals surface area contributed by atoms with Crippen molar-refractivity contribution in [1.82, 2.24) is 0 Å². The Morgan fingerprint density at radius 3 is 1.62 bits per heavy atom. The van der Waals surface area contributed by atoms with Crippen molar-refractivity contribution in [2.75, 3.05) is 30.8 Å². The van der Waals surface area contributed by atoms with Crippen molar-refractivity contribution in [3.05, 3.63) is 78.9 Å². The van der Waals surface area contributed by atoms with Gasteiger partial charge in [0.15, 0.2) is 0 Å². The summed E-state index contributed by atoms with van der Waals surface area (Å²) in [6, 6.07) is 18.7. The summed E-state index contributed by atoms with van der Waals surface area (Å²) in [6.07, 6.45) is 15.2. The van der Waals surface area contributed by atoms with Crippen LogP contribution in [-0.4, -0.2) is 20.2 Å². The average molecular weight is 429 g/mol. The van der Waals surface area contributed by atoms with Gasteiger partial charge in [-0.05, 0) is 97.6 Å². The highest BCUT2D eigenvalue weighted by Crippen LogP contribution is 2.44. The van der Waals surface area contributed by atoms with Crippen LogP contribution in [0, 0.1) is 35.5 Å². The largest absolute Gasteiger partial charge is 0.497 e. The van der Waals surface area contributed by atoms with Gasteiger partial charge in [0.2, 0.25) is 0 Å². The second-order valence-electron chi connectivity index (χ2n) is 9.94. The highest BCUT2D eigenvalue weighted by atomic mass is 16.5. The summed E-state index contributed by atoms with van der Waals surface area (Å²) < 4.78 is 5.15. The standard InChI is InChI=1S/C15H19NO.C14H17N/c1-17-15-6-4-14(5-7-15)16-10-13-9-11-2-3-12(13)8-11;1-2-4-14(5-3-1)15-10-13-9-11-6-7-12(13)8-11/h2-7,11-13,16H,8-10H2,1H3;1-7,11-13,15H,8-10H2. The zero-order chi connectivity index (χ0) is 21.8. The van der Waals surface area contributed by atoms with E-state index in [1.54, 1.807) is 7.11 Å². The molecule has 0 spiro atoms. The normalized spacial score (nSPS) is 30.8. The molecule has 4 aliphatic rings. The van der Waals surface area contributed by atoms with E-state index in [1.807, 2.05) is 12.1 Å². The predicted molar refractivity (Wildman–Crippen MR) is 134 cm³/mol. The molecule has 2 aromatic carbocycles. The molecular weight excluding hydrogens is 392 g/mol. The molecule has 0 saturated heterocycles. The number of allylic oxidation sites excluding steroid dienone is 4. The number of benzene rings is 2. The summed E-state index contributed by atoms with van der Waals surface area (Å²) in [4.78, 5) is 0. The first-order valence-electron chi connectivity index (χ1n) is 12.3. The van der Waals surface area contributed by atoms with Crippen LogP contribution < -0.4 is 15.4 Å². The third-order valence-electron chi connectivity index (χ3n) is 7.83. The van der Waals surface area contributed by atoms with Crippen LogP contribution in [0.5, 0.6) is 5.75 Å². The smallest absolute Gasteiger partial charge is 0.119 e. The maximum atomic E-state index is 5.15. The highest BCUT2D eigenvalue weighted by molar-refractivity contribution is 5.46. The van der Waals surface area contributed by atoms with Gasteiger partial charge in [0.1, 0.15) is 5.75 Å². The third-order valence-corrected chi connectivity index (χ3v) is 7.83. The maximum Gasteiger partial charge on any atom is 0.119 e. The van der Waals surface area contributed by atoms with Crippen molar-refractivity contribution >= 4 is 11.4 Å². The van der Waals surface area contributed by atoms with E-state index in [1.165, 1.54) is 37.1 Å². The Labute approximate surface area is 193 Å². The molecule has 2 N–H and O–H groups in total. The molecule has 32 heavy (non-hydrogen) atoms. The first kappa shape index (κ1) is 21.2. The lowest BCUT2D eigenvalue weighted by Gasteiger charge is -2.19. The number of ether oxygens (including phenoxy) is 1. The Kier molecular flexibility index (Phi) is 6.52. The van der Waals surface area contributed by atoms with Crippen LogP contribution in [0.3, 0.4) is 0 Å². The lowest BCUT2D eigenvalue weighted by molar-refractivity contribution is 0.415. The molecule has 6 atom stereocenters. The molecule has 6 rings (SSSR count). The molecule has 0 aliphatic heterocycles. The fourth-order valence-corrected chi connectivity index (χ4v) is 6.02. The molecule has 4 bridgehead atoms. The number of rotatable bonds is 7. The van der Waals surface area contributed by atoms with E-state index in [0.29, 0.717) is 0 Å². The van der Waals surface area contributed by atoms with Gasteiger partial charge in [-0.3, -0.25) is 0 Å². The predicted octanol–water partition coefficient (Wildman–Crippen LogP) is 6.63. The molecule has 0 heterocycles. The number of anilines is 2. The molecule has 6 unspecified atom stereocenters. The van der Waals surface area contributed by atoms with E-state index in [-0.39, 0.29) is 0 Å². The van der Waals surface area contributed by atoms with Crippen LogP contribution in [0.2, 0.25) is 0 Å². The summed E-state index contributed by atoms with van der Waals surface area (Å²) in [5.41, 5.74) is 2.45. The minimum absolute atomic E-state index is 0.825. The summed E-state index contributed by atoms with van der Waals surface area (Å²) in [5, 5.41) is 7.07. The Morgan fingerprint density at radius 2 is 1.19 bits per heavy atom. The van der Waals surface area contributed by atoms with Gasteiger partial charge < -0.3 is 15.4 Å². The summed E-state index contributed by atoms with van der Waals surface area (Å²) in [6.45, 7) is 2.23. The summed E-state index contributed by atoms with van der Waals surface area (Å²) in [7, 11) is 1.70. The third kappa shape index (κ3) is 5.03. The van der Waals surface area contributed by atoms with Gasteiger partial charge in [-0.1, -0.05) is 42.5 Å². The Hall–Kier alpha value is -2.68. The van der Waals surface area contributed by atoms with Gasteiger partial charge in [-0.15, -0.1) is 0 Å². The van der Waals surface area contributed by atoms with E-state index in [9.17, 15) is 0 Å². The lowest BCUT2D eigenvalue weighted by atomic mass is 9.93. The Balaban J connectivity index is 0.000000136. The first-order chi connectivity index (χ1) is 15.8. The van der Waals surface area contributed by atoms with Crippen LogP contribution in [0.25, 0.3) is 0 Å². The number of para-hydroxylation sites is 1. The van der Waals surface area contributed by atoms with Gasteiger partial charge in [0, 0.05) is 24.5 Å². The molecule has 4 aliphatic carbocycles. The van der Waals surface area contributed by atoms with Crippen LogP contribution in [0.4, 0.5) is 11.4 Å². The number of hydrogen-bond donors (Lipinski definition) is 2. The molecule has 0 aromatic heterocycles. The fraction of sp³-hybridized carbons (Fsp3) is 0.448. The van der Waals surface area contributed by atoms with Crippen molar-refractivity contribution in [3.8, 4) is 5.75 Å². The second kappa shape index (κ2) is 9.85. The van der Waals surface area contributed by atoms with Crippen LogP contribution >= 0.6 is 0 Å². The van der Waals surface area contributed by atoms with Crippen molar-refractivity contribution in [2.24, 2.45) is 35.5 Å². The molecular formula is C29H36N2O. The van der Waals surface area contributed by atoms with E-state index < -0.39 is 0 Å². The van der Waals surface area contributed by atoms with Crippen LogP contribution in [0.15, 0.2) is 78.9 Å². The van der Waals surface area contributed by atoms with Gasteiger partial charge in [-0.25, -0.2) is 0 Å². The second-order valence-corrected chi connectivity index (χ2v) is 9.94. The van der Waals surface area contributed by atoms with Crippen LogP contribution in [-0.2, 0) is 0 Å². The molecule has 0 amide bonds. The van der Waals surface area contributed by atoms with Crippen molar-refractivity contribution in [3.63, 3.8) is 0 Å². The molecule has 0 radical (unpaired) electrons. The van der Waals surface area contributed by atoms with Crippen molar-refractivity contribution < 1.29 is 4.74 Å². The molecule has 2 saturated carbocycles. The van der Waals surface area contributed by atoms with Crippen LogP contribution in [0.1, 0.15) is 25.7 Å².